The Labute approximate surface area is 115 Å². The SMILES string of the molecule is CC.Nc1ccc(Oc2ccnc3[nH]c(=O)[nH]c23)cc1. The van der Waals surface area contributed by atoms with E-state index in [9.17, 15) is 4.79 Å². The van der Waals surface area contributed by atoms with Crippen LogP contribution in [0.3, 0.4) is 0 Å². The lowest BCUT2D eigenvalue weighted by Crippen LogP contribution is -1.99. The number of anilines is 1. The molecule has 0 aliphatic rings. The molecule has 0 amide bonds. The molecule has 104 valence electrons. The van der Waals surface area contributed by atoms with E-state index in [1.54, 1.807) is 36.5 Å². The Morgan fingerprint density at radius 3 is 2.50 bits per heavy atom. The zero-order valence-corrected chi connectivity index (χ0v) is 11.3. The molecule has 2 heterocycles. The van der Waals surface area contributed by atoms with Crippen molar-refractivity contribution in [3.05, 3.63) is 47.0 Å². The second-order valence-electron chi connectivity index (χ2n) is 3.78. The molecule has 6 heteroatoms. The Balaban J connectivity index is 0.000000704. The lowest BCUT2D eigenvalue weighted by atomic mass is 10.3. The number of nitrogen functional groups attached to an aromatic ring is 1. The van der Waals surface area contributed by atoms with E-state index in [0.717, 1.165) is 0 Å². The van der Waals surface area contributed by atoms with Gasteiger partial charge in [0.25, 0.3) is 0 Å². The molecule has 4 N–H and O–H groups in total. The van der Waals surface area contributed by atoms with Crippen molar-refractivity contribution in [1.29, 1.82) is 0 Å². The average molecular weight is 272 g/mol. The Morgan fingerprint density at radius 2 is 1.80 bits per heavy atom. The summed E-state index contributed by atoms with van der Waals surface area (Å²) in [7, 11) is 0. The Kier molecular flexibility index (Phi) is 4.05. The maximum atomic E-state index is 11.2. The van der Waals surface area contributed by atoms with Crippen molar-refractivity contribution in [3.63, 3.8) is 0 Å². The molecule has 0 bridgehead atoms. The molecule has 3 rings (SSSR count). The third kappa shape index (κ3) is 2.80. The van der Waals surface area contributed by atoms with Gasteiger partial charge in [-0.3, -0.25) is 4.98 Å². The number of aromatic amines is 2. The molecular weight excluding hydrogens is 256 g/mol. The molecule has 1 aromatic carbocycles. The zero-order chi connectivity index (χ0) is 14.5. The standard InChI is InChI=1S/C12H10N4O2.C2H6/c13-7-1-3-8(4-2-7)18-9-5-6-14-11-10(9)15-12(17)16-11;1-2/h1-6H,13H2,(H2,14,15,16,17);1-2H3. The smallest absolute Gasteiger partial charge is 0.325 e. The molecule has 0 saturated heterocycles. The maximum Gasteiger partial charge on any atom is 0.325 e. The monoisotopic (exact) mass is 272 g/mol. The van der Waals surface area contributed by atoms with E-state index in [1.165, 1.54) is 0 Å². The van der Waals surface area contributed by atoms with Crippen molar-refractivity contribution in [2.75, 3.05) is 5.73 Å². The van der Waals surface area contributed by atoms with E-state index < -0.39 is 0 Å². The van der Waals surface area contributed by atoms with Gasteiger partial charge in [-0.1, -0.05) is 13.8 Å². The predicted octanol–water partition coefficient (Wildman–Crippen LogP) is 2.65. The molecule has 0 unspecified atom stereocenters. The van der Waals surface area contributed by atoms with Gasteiger partial charge in [-0.25, -0.2) is 9.78 Å². The molecule has 0 radical (unpaired) electrons. The van der Waals surface area contributed by atoms with E-state index in [-0.39, 0.29) is 5.69 Å². The lowest BCUT2D eigenvalue weighted by molar-refractivity contribution is 0.487. The van der Waals surface area contributed by atoms with E-state index in [0.29, 0.717) is 28.4 Å². The summed E-state index contributed by atoms with van der Waals surface area (Å²) < 4.78 is 5.67. The number of nitrogens with two attached hydrogens (primary N) is 1. The van der Waals surface area contributed by atoms with Gasteiger partial charge in [-0.15, -0.1) is 0 Å². The highest BCUT2D eigenvalue weighted by atomic mass is 16.5. The van der Waals surface area contributed by atoms with Gasteiger partial charge in [0, 0.05) is 18.0 Å². The molecule has 0 atom stereocenters. The molecule has 0 aliphatic carbocycles. The number of nitrogens with one attached hydrogen (secondary N) is 2. The van der Waals surface area contributed by atoms with E-state index in [2.05, 4.69) is 15.0 Å². The second-order valence-corrected chi connectivity index (χ2v) is 3.78. The fourth-order valence-electron chi connectivity index (χ4n) is 1.66. The van der Waals surface area contributed by atoms with E-state index in [4.69, 9.17) is 10.5 Å². The van der Waals surface area contributed by atoms with Crippen molar-refractivity contribution in [1.82, 2.24) is 15.0 Å². The maximum absolute atomic E-state index is 11.2. The van der Waals surface area contributed by atoms with Gasteiger partial charge in [-0.2, -0.15) is 0 Å². The van der Waals surface area contributed by atoms with Crippen LogP contribution in [-0.4, -0.2) is 15.0 Å². The highest BCUT2D eigenvalue weighted by Crippen LogP contribution is 2.26. The summed E-state index contributed by atoms with van der Waals surface area (Å²) in [5, 5.41) is 0. The summed E-state index contributed by atoms with van der Waals surface area (Å²) in [6.45, 7) is 4.00. The number of hydrogen-bond donors (Lipinski definition) is 3. The van der Waals surface area contributed by atoms with Crippen LogP contribution in [0.25, 0.3) is 11.2 Å². The lowest BCUT2D eigenvalue weighted by Gasteiger charge is -2.06. The second kappa shape index (κ2) is 5.92. The number of H-pyrrole nitrogens is 2. The summed E-state index contributed by atoms with van der Waals surface area (Å²) in [6.07, 6.45) is 1.57. The summed E-state index contributed by atoms with van der Waals surface area (Å²) in [5.74, 6) is 1.17. The minimum atomic E-state index is -0.314. The van der Waals surface area contributed by atoms with Gasteiger partial charge in [0.2, 0.25) is 0 Å². The Bertz CT molecular complexity index is 744. The van der Waals surface area contributed by atoms with Crippen molar-refractivity contribution >= 4 is 16.9 Å². The van der Waals surface area contributed by atoms with Crippen LogP contribution in [0.2, 0.25) is 0 Å². The average Bonchev–Trinajstić information content (AvgIpc) is 2.85. The van der Waals surface area contributed by atoms with Crippen LogP contribution >= 0.6 is 0 Å². The minimum absolute atomic E-state index is 0.314. The van der Waals surface area contributed by atoms with Gasteiger partial charge in [0.05, 0.1) is 0 Å². The molecule has 0 spiro atoms. The van der Waals surface area contributed by atoms with Crippen LogP contribution in [-0.2, 0) is 0 Å². The quantitative estimate of drug-likeness (QED) is 0.625. The Morgan fingerprint density at radius 1 is 1.10 bits per heavy atom. The highest BCUT2D eigenvalue weighted by molar-refractivity contribution is 5.77. The number of fused-ring (bicyclic) bond motifs is 1. The zero-order valence-electron chi connectivity index (χ0n) is 11.3. The van der Waals surface area contributed by atoms with Gasteiger partial charge >= 0.3 is 5.69 Å². The molecule has 0 aliphatic heterocycles. The molecule has 0 saturated carbocycles. The minimum Gasteiger partial charge on any atom is -0.455 e. The van der Waals surface area contributed by atoms with Crippen molar-refractivity contribution < 1.29 is 4.74 Å². The number of nitrogens with zero attached hydrogens (tertiary/aromatic N) is 1. The van der Waals surface area contributed by atoms with Gasteiger partial charge in [-0.05, 0) is 24.3 Å². The molecule has 0 fully saturated rings. The van der Waals surface area contributed by atoms with Gasteiger partial charge < -0.3 is 15.5 Å². The van der Waals surface area contributed by atoms with Crippen LogP contribution in [0, 0.1) is 0 Å². The largest absolute Gasteiger partial charge is 0.455 e. The van der Waals surface area contributed by atoms with Crippen molar-refractivity contribution in [2.45, 2.75) is 13.8 Å². The first kappa shape index (κ1) is 13.7. The molecule has 20 heavy (non-hydrogen) atoms. The summed E-state index contributed by atoms with van der Waals surface area (Å²) >= 11 is 0. The third-order valence-electron chi connectivity index (χ3n) is 2.49. The fourth-order valence-corrected chi connectivity index (χ4v) is 1.66. The predicted molar refractivity (Wildman–Crippen MR) is 79.0 cm³/mol. The summed E-state index contributed by atoms with van der Waals surface area (Å²) in [5.41, 5.74) is 6.95. The molecule has 2 aromatic heterocycles. The first-order valence-corrected chi connectivity index (χ1v) is 6.33. The van der Waals surface area contributed by atoms with Gasteiger partial charge in [0.1, 0.15) is 11.3 Å². The van der Waals surface area contributed by atoms with E-state index >= 15 is 0 Å². The van der Waals surface area contributed by atoms with Crippen molar-refractivity contribution in [3.8, 4) is 11.5 Å². The van der Waals surface area contributed by atoms with Crippen LogP contribution in [0.4, 0.5) is 5.69 Å². The summed E-state index contributed by atoms with van der Waals surface area (Å²) in [6, 6.07) is 8.68. The van der Waals surface area contributed by atoms with Gasteiger partial charge in [0.15, 0.2) is 11.4 Å². The number of rotatable bonds is 2. The third-order valence-corrected chi connectivity index (χ3v) is 2.49. The Hall–Kier alpha value is -2.76. The molecule has 3 aromatic rings. The molecule has 6 nitrogen and oxygen atoms in total. The fraction of sp³-hybridized carbons (Fsp3) is 0.143. The number of hydrogen-bond acceptors (Lipinski definition) is 4. The first-order chi connectivity index (χ1) is 9.72. The normalized spacial score (nSPS) is 9.90. The van der Waals surface area contributed by atoms with Crippen LogP contribution in [0.15, 0.2) is 41.3 Å². The number of ether oxygens (including phenoxy) is 1. The van der Waals surface area contributed by atoms with E-state index in [1.807, 2.05) is 13.8 Å². The molecular formula is C14H16N4O2. The number of aromatic nitrogens is 3. The van der Waals surface area contributed by atoms with Crippen LogP contribution in [0.1, 0.15) is 13.8 Å². The van der Waals surface area contributed by atoms with Crippen molar-refractivity contribution in [2.24, 2.45) is 0 Å². The van der Waals surface area contributed by atoms with Crippen LogP contribution in [0.5, 0.6) is 11.5 Å². The summed E-state index contributed by atoms with van der Waals surface area (Å²) in [4.78, 5) is 20.5. The number of imidazole rings is 1. The first-order valence-electron chi connectivity index (χ1n) is 6.33. The topological polar surface area (TPSA) is 96.8 Å². The highest BCUT2D eigenvalue weighted by Gasteiger charge is 2.07. The van der Waals surface area contributed by atoms with Crippen LogP contribution < -0.4 is 16.2 Å². The number of pyridine rings is 1. The number of benzene rings is 1.